The molecule has 2 rings (SSSR count). The molecule has 0 aromatic carbocycles. The van der Waals surface area contributed by atoms with Crippen LogP contribution in [0, 0.1) is 0 Å². The normalized spacial score (nSPS) is 22.6. The van der Waals surface area contributed by atoms with Crippen LogP contribution in [-0.2, 0) is 9.47 Å². The fourth-order valence-corrected chi connectivity index (χ4v) is 3.01. The maximum atomic E-state index is 9.10. The van der Waals surface area contributed by atoms with Gasteiger partial charge in [-0.1, -0.05) is 0 Å². The molecule has 0 saturated carbocycles. The maximum absolute atomic E-state index is 9.10. The number of hydrogen-bond acceptors (Lipinski definition) is 5. The summed E-state index contributed by atoms with van der Waals surface area (Å²) in [6.45, 7) is 0.843. The van der Waals surface area contributed by atoms with Gasteiger partial charge in [-0.3, -0.25) is 0 Å². The summed E-state index contributed by atoms with van der Waals surface area (Å²) >= 11 is 4.98. The first-order valence-electron chi connectivity index (χ1n) is 5.78. The Morgan fingerprint density at radius 2 is 2.53 bits per heavy atom. The van der Waals surface area contributed by atoms with Crippen molar-refractivity contribution in [2.45, 2.75) is 38.1 Å². The van der Waals surface area contributed by atoms with Crippen molar-refractivity contribution in [1.82, 2.24) is 4.98 Å². The van der Waals surface area contributed by atoms with Gasteiger partial charge in [0.2, 0.25) is 0 Å². The SMILES string of the molecule is OCCC(OC1CCCCO1)c1ncsc1Br. The smallest absolute Gasteiger partial charge is 0.158 e. The lowest BCUT2D eigenvalue weighted by molar-refractivity contribution is -0.193. The van der Waals surface area contributed by atoms with Crippen LogP contribution in [0.2, 0.25) is 0 Å². The van der Waals surface area contributed by atoms with Crippen molar-refractivity contribution in [3.8, 4) is 0 Å². The molecule has 96 valence electrons. The van der Waals surface area contributed by atoms with E-state index >= 15 is 0 Å². The number of hydrogen-bond donors (Lipinski definition) is 1. The minimum absolute atomic E-state index is 0.0847. The number of ether oxygens (including phenoxy) is 2. The highest BCUT2D eigenvalue weighted by molar-refractivity contribution is 9.11. The fraction of sp³-hybridized carbons (Fsp3) is 0.727. The van der Waals surface area contributed by atoms with Crippen molar-refractivity contribution >= 4 is 27.3 Å². The van der Waals surface area contributed by atoms with Gasteiger partial charge in [0.15, 0.2) is 6.29 Å². The van der Waals surface area contributed by atoms with Crippen molar-refractivity contribution in [2.24, 2.45) is 0 Å². The van der Waals surface area contributed by atoms with Gasteiger partial charge in [-0.2, -0.15) is 0 Å². The zero-order valence-electron chi connectivity index (χ0n) is 9.47. The summed E-state index contributed by atoms with van der Waals surface area (Å²) in [6.07, 6.45) is 3.35. The molecule has 2 atom stereocenters. The highest BCUT2D eigenvalue weighted by atomic mass is 79.9. The van der Waals surface area contributed by atoms with E-state index in [4.69, 9.17) is 14.6 Å². The fourth-order valence-electron chi connectivity index (χ4n) is 1.84. The third-order valence-corrected chi connectivity index (χ3v) is 4.29. The molecule has 1 fully saturated rings. The summed E-state index contributed by atoms with van der Waals surface area (Å²) in [4.78, 5) is 4.28. The highest BCUT2D eigenvalue weighted by Crippen LogP contribution is 2.32. The van der Waals surface area contributed by atoms with E-state index in [9.17, 15) is 0 Å². The summed E-state index contributed by atoms with van der Waals surface area (Å²) in [5.74, 6) is 0. The standard InChI is InChI=1S/C11H16BrNO3S/c12-11-10(13-7-17-11)8(4-5-14)16-9-3-1-2-6-15-9/h7-9,14H,1-6H2. The molecule has 0 bridgehead atoms. The molecule has 17 heavy (non-hydrogen) atoms. The molecule has 4 nitrogen and oxygen atoms in total. The van der Waals surface area contributed by atoms with E-state index in [1.165, 1.54) is 11.3 Å². The van der Waals surface area contributed by atoms with Crippen molar-refractivity contribution < 1.29 is 14.6 Å². The third kappa shape index (κ3) is 3.72. The quantitative estimate of drug-likeness (QED) is 0.906. The molecular weight excluding hydrogens is 306 g/mol. The van der Waals surface area contributed by atoms with Gasteiger partial charge in [0, 0.05) is 19.6 Å². The first-order chi connectivity index (χ1) is 8.31. The van der Waals surface area contributed by atoms with Crippen LogP contribution >= 0.6 is 27.3 Å². The second kappa shape index (κ2) is 6.80. The van der Waals surface area contributed by atoms with E-state index in [1.54, 1.807) is 5.51 Å². The minimum Gasteiger partial charge on any atom is -0.396 e. The van der Waals surface area contributed by atoms with Crippen LogP contribution in [0.4, 0.5) is 0 Å². The van der Waals surface area contributed by atoms with E-state index in [2.05, 4.69) is 20.9 Å². The number of thiazole rings is 1. The number of rotatable bonds is 5. The molecule has 0 aliphatic carbocycles. The second-order valence-corrected chi connectivity index (χ2v) is 6.12. The number of halogens is 1. The molecule has 0 amide bonds. The summed E-state index contributed by atoms with van der Waals surface area (Å²) < 4.78 is 12.4. The Kier molecular flexibility index (Phi) is 5.37. The van der Waals surface area contributed by atoms with E-state index in [0.717, 1.165) is 35.3 Å². The van der Waals surface area contributed by atoms with E-state index in [1.807, 2.05) is 0 Å². The van der Waals surface area contributed by atoms with Crippen LogP contribution in [0.15, 0.2) is 9.30 Å². The van der Waals surface area contributed by atoms with E-state index in [-0.39, 0.29) is 19.0 Å². The Labute approximate surface area is 113 Å². The molecule has 1 aromatic rings. The molecule has 2 unspecified atom stereocenters. The van der Waals surface area contributed by atoms with Gasteiger partial charge in [-0.05, 0) is 35.2 Å². The van der Waals surface area contributed by atoms with Crippen molar-refractivity contribution in [3.63, 3.8) is 0 Å². The van der Waals surface area contributed by atoms with Gasteiger partial charge in [0.1, 0.15) is 6.10 Å². The Balaban J connectivity index is 1.99. The average Bonchev–Trinajstić information content (AvgIpc) is 2.76. The van der Waals surface area contributed by atoms with Crippen molar-refractivity contribution in [3.05, 3.63) is 15.0 Å². The zero-order chi connectivity index (χ0) is 12.1. The predicted molar refractivity (Wildman–Crippen MR) is 68.9 cm³/mol. The van der Waals surface area contributed by atoms with Gasteiger partial charge in [-0.15, -0.1) is 11.3 Å². The number of nitrogens with zero attached hydrogens (tertiary/aromatic N) is 1. The lowest BCUT2D eigenvalue weighted by atomic mass is 10.2. The van der Waals surface area contributed by atoms with E-state index < -0.39 is 0 Å². The van der Waals surface area contributed by atoms with Crippen LogP contribution in [0.25, 0.3) is 0 Å². The Morgan fingerprint density at radius 1 is 1.65 bits per heavy atom. The maximum Gasteiger partial charge on any atom is 0.158 e. The lowest BCUT2D eigenvalue weighted by Crippen LogP contribution is -2.25. The molecule has 0 spiro atoms. The summed E-state index contributed by atoms with van der Waals surface area (Å²) in [6, 6.07) is 0. The van der Waals surface area contributed by atoms with Crippen molar-refractivity contribution in [1.29, 1.82) is 0 Å². The van der Waals surface area contributed by atoms with Crippen LogP contribution in [0.5, 0.6) is 0 Å². The van der Waals surface area contributed by atoms with Gasteiger partial charge in [-0.25, -0.2) is 4.98 Å². The van der Waals surface area contributed by atoms with Crippen LogP contribution < -0.4 is 0 Å². The van der Waals surface area contributed by atoms with Gasteiger partial charge in [0.25, 0.3) is 0 Å². The molecule has 1 aliphatic heterocycles. The Hall–Kier alpha value is -0.0100. The largest absolute Gasteiger partial charge is 0.396 e. The molecule has 1 aliphatic rings. The van der Waals surface area contributed by atoms with Crippen LogP contribution in [0.1, 0.15) is 37.5 Å². The topological polar surface area (TPSA) is 51.6 Å². The van der Waals surface area contributed by atoms with Crippen LogP contribution in [0.3, 0.4) is 0 Å². The third-order valence-electron chi connectivity index (χ3n) is 2.70. The molecule has 6 heteroatoms. The van der Waals surface area contributed by atoms with Gasteiger partial charge < -0.3 is 14.6 Å². The molecule has 1 N–H and O–H groups in total. The molecule has 2 heterocycles. The first-order valence-corrected chi connectivity index (χ1v) is 7.45. The predicted octanol–water partition coefficient (Wildman–Crippen LogP) is 2.87. The highest BCUT2D eigenvalue weighted by Gasteiger charge is 2.23. The summed E-state index contributed by atoms with van der Waals surface area (Å²) in [7, 11) is 0. The van der Waals surface area contributed by atoms with Gasteiger partial charge >= 0.3 is 0 Å². The number of aliphatic hydroxyl groups excluding tert-OH is 1. The minimum atomic E-state index is -0.191. The monoisotopic (exact) mass is 321 g/mol. The first kappa shape index (κ1) is 13.4. The van der Waals surface area contributed by atoms with Crippen LogP contribution in [-0.4, -0.2) is 29.6 Å². The summed E-state index contributed by atoms with van der Waals surface area (Å²) in [5, 5.41) is 9.10. The molecular formula is C11H16BrNO3S. The molecule has 1 saturated heterocycles. The average molecular weight is 322 g/mol. The second-order valence-electron chi connectivity index (χ2n) is 3.94. The Bertz CT molecular complexity index is 341. The summed E-state index contributed by atoms with van der Waals surface area (Å²) in [5.41, 5.74) is 2.63. The lowest BCUT2D eigenvalue weighted by Gasteiger charge is -2.27. The number of aromatic nitrogens is 1. The zero-order valence-corrected chi connectivity index (χ0v) is 11.9. The Morgan fingerprint density at radius 3 is 3.12 bits per heavy atom. The molecule has 0 radical (unpaired) electrons. The van der Waals surface area contributed by atoms with Gasteiger partial charge in [0.05, 0.1) is 15.0 Å². The molecule has 1 aromatic heterocycles. The van der Waals surface area contributed by atoms with E-state index in [0.29, 0.717) is 6.42 Å². The van der Waals surface area contributed by atoms with Crippen molar-refractivity contribution in [2.75, 3.05) is 13.2 Å². The number of aliphatic hydroxyl groups is 1.